The lowest BCUT2D eigenvalue weighted by Gasteiger charge is -2.37. The van der Waals surface area contributed by atoms with E-state index in [1.807, 2.05) is 84.6 Å². The van der Waals surface area contributed by atoms with Gasteiger partial charge in [-0.25, -0.2) is 0 Å². The first kappa shape index (κ1) is 25.3. The smallest absolute Gasteiger partial charge is 0.290 e. The topological polar surface area (TPSA) is 63.0 Å². The van der Waals surface area contributed by atoms with Crippen molar-refractivity contribution in [3.63, 3.8) is 0 Å². The van der Waals surface area contributed by atoms with E-state index >= 15 is 0 Å². The molecule has 0 bridgehead atoms. The molecule has 3 aromatic carbocycles. The number of nitrogens with zero attached hydrogens (tertiary/aromatic N) is 2. The Morgan fingerprint density at radius 3 is 2.42 bits per heavy atom. The number of ether oxygens (including phenoxy) is 1. The summed E-state index contributed by atoms with van der Waals surface area (Å²) in [7, 11) is 1.80. The molecular formula is C32H32N2O4. The number of furan rings is 1. The molecule has 5 rings (SSSR count). The van der Waals surface area contributed by atoms with E-state index in [1.165, 1.54) is 6.26 Å². The van der Waals surface area contributed by atoms with Crippen molar-refractivity contribution in [1.82, 2.24) is 9.80 Å². The Labute approximate surface area is 223 Å². The second-order valence-corrected chi connectivity index (χ2v) is 9.59. The van der Waals surface area contributed by atoms with Crippen LogP contribution in [0.2, 0.25) is 0 Å². The Morgan fingerprint density at radius 2 is 1.74 bits per heavy atom. The highest BCUT2D eigenvalue weighted by Gasteiger charge is 2.34. The van der Waals surface area contributed by atoms with Gasteiger partial charge in [0.1, 0.15) is 5.75 Å². The molecule has 2 heterocycles. The van der Waals surface area contributed by atoms with Crippen LogP contribution in [0.4, 0.5) is 0 Å². The van der Waals surface area contributed by atoms with E-state index in [0.29, 0.717) is 31.0 Å². The average Bonchev–Trinajstić information content (AvgIpc) is 3.50. The highest BCUT2D eigenvalue weighted by Crippen LogP contribution is 2.38. The molecule has 0 N–H and O–H groups in total. The van der Waals surface area contributed by atoms with E-state index in [0.717, 1.165) is 28.7 Å². The molecule has 6 nitrogen and oxygen atoms in total. The molecule has 0 saturated carbocycles. The SMILES string of the molecule is CC[C@@H](Oc1ccc2c(c1)[C@@H](c1ccccc1)N(C(=O)c1ccco1)CC2)C(=O)N(C)Cc1ccccc1. The Balaban J connectivity index is 1.42. The van der Waals surface area contributed by atoms with E-state index < -0.39 is 6.10 Å². The third-order valence-corrected chi connectivity index (χ3v) is 7.02. The molecule has 0 fully saturated rings. The Morgan fingerprint density at radius 1 is 1.00 bits per heavy atom. The fourth-order valence-electron chi connectivity index (χ4n) is 5.08. The van der Waals surface area contributed by atoms with Gasteiger partial charge in [-0.15, -0.1) is 0 Å². The van der Waals surface area contributed by atoms with E-state index in [4.69, 9.17) is 9.15 Å². The number of hydrogen-bond donors (Lipinski definition) is 0. The molecule has 0 saturated heterocycles. The van der Waals surface area contributed by atoms with Gasteiger partial charge in [-0.3, -0.25) is 9.59 Å². The summed E-state index contributed by atoms with van der Waals surface area (Å²) >= 11 is 0. The summed E-state index contributed by atoms with van der Waals surface area (Å²) in [6.45, 7) is 3.05. The molecule has 38 heavy (non-hydrogen) atoms. The van der Waals surface area contributed by atoms with Crippen LogP contribution in [0.3, 0.4) is 0 Å². The molecule has 2 amide bonds. The molecule has 6 heteroatoms. The minimum atomic E-state index is -0.610. The Hall–Kier alpha value is -4.32. The van der Waals surface area contributed by atoms with Crippen LogP contribution in [0.5, 0.6) is 5.75 Å². The van der Waals surface area contributed by atoms with Crippen LogP contribution in [0.25, 0.3) is 0 Å². The fourth-order valence-corrected chi connectivity index (χ4v) is 5.08. The van der Waals surface area contributed by atoms with Crippen molar-refractivity contribution in [2.24, 2.45) is 0 Å². The molecule has 0 aliphatic carbocycles. The summed E-state index contributed by atoms with van der Waals surface area (Å²) in [4.78, 5) is 30.3. The average molecular weight is 509 g/mol. The maximum absolute atomic E-state index is 13.4. The largest absolute Gasteiger partial charge is 0.481 e. The first-order valence-electron chi connectivity index (χ1n) is 13.0. The lowest BCUT2D eigenvalue weighted by Crippen LogP contribution is -2.41. The normalized spacial score (nSPS) is 15.4. The molecule has 0 spiro atoms. The van der Waals surface area contributed by atoms with E-state index in [2.05, 4.69) is 6.07 Å². The molecular weight excluding hydrogens is 476 g/mol. The second-order valence-electron chi connectivity index (χ2n) is 9.59. The van der Waals surface area contributed by atoms with Crippen LogP contribution in [-0.2, 0) is 17.8 Å². The van der Waals surface area contributed by atoms with Crippen molar-refractivity contribution >= 4 is 11.8 Å². The molecule has 2 atom stereocenters. The van der Waals surface area contributed by atoms with Gasteiger partial charge in [0.25, 0.3) is 11.8 Å². The Bertz CT molecular complexity index is 1370. The molecule has 0 unspecified atom stereocenters. The fraction of sp³-hybridized carbons (Fsp3) is 0.250. The number of amides is 2. The van der Waals surface area contributed by atoms with Crippen molar-refractivity contribution in [3.05, 3.63) is 125 Å². The number of carbonyl (C=O) groups is 2. The second kappa shape index (κ2) is 11.4. The van der Waals surface area contributed by atoms with Gasteiger partial charge in [-0.05, 0) is 59.4 Å². The van der Waals surface area contributed by atoms with Crippen molar-refractivity contribution in [2.45, 2.75) is 38.5 Å². The first-order chi connectivity index (χ1) is 18.5. The molecule has 1 aliphatic heterocycles. The quantitative estimate of drug-likeness (QED) is 0.298. The Kier molecular flexibility index (Phi) is 7.59. The maximum atomic E-state index is 13.4. The summed E-state index contributed by atoms with van der Waals surface area (Å²) in [6, 6.07) is 29.0. The van der Waals surface area contributed by atoms with Crippen LogP contribution in [0, 0.1) is 0 Å². The summed E-state index contributed by atoms with van der Waals surface area (Å²) < 4.78 is 11.7. The number of benzene rings is 3. The van der Waals surface area contributed by atoms with Crippen LogP contribution in [-0.4, -0.2) is 41.3 Å². The van der Waals surface area contributed by atoms with Crippen molar-refractivity contribution in [3.8, 4) is 5.75 Å². The minimum absolute atomic E-state index is 0.0664. The van der Waals surface area contributed by atoms with Gasteiger partial charge in [0.2, 0.25) is 0 Å². The number of likely N-dealkylation sites (N-methyl/N-ethyl adjacent to an activating group) is 1. The van der Waals surface area contributed by atoms with E-state index in [9.17, 15) is 9.59 Å². The van der Waals surface area contributed by atoms with Gasteiger partial charge in [0.05, 0.1) is 12.3 Å². The summed E-state index contributed by atoms with van der Waals surface area (Å²) in [5.41, 5.74) is 4.24. The number of hydrogen-bond acceptors (Lipinski definition) is 4. The molecule has 1 aromatic heterocycles. The summed E-state index contributed by atoms with van der Waals surface area (Å²) in [5, 5.41) is 0. The van der Waals surface area contributed by atoms with Gasteiger partial charge in [0, 0.05) is 20.1 Å². The van der Waals surface area contributed by atoms with Gasteiger partial charge in [0.15, 0.2) is 11.9 Å². The lowest BCUT2D eigenvalue weighted by molar-refractivity contribution is -0.138. The zero-order valence-corrected chi connectivity index (χ0v) is 21.7. The van der Waals surface area contributed by atoms with Crippen molar-refractivity contribution in [2.75, 3.05) is 13.6 Å². The van der Waals surface area contributed by atoms with Crippen LogP contribution in [0.15, 0.2) is 102 Å². The van der Waals surface area contributed by atoms with Gasteiger partial charge < -0.3 is 19.0 Å². The molecule has 0 radical (unpaired) electrons. The van der Waals surface area contributed by atoms with Crippen LogP contribution < -0.4 is 4.74 Å². The predicted octanol–water partition coefficient (Wildman–Crippen LogP) is 5.88. The van der Waals surface area contributed by atoms with Crippen molar-refractivity contribution < 1.29 is 18.7 Å². The van der Waals surface area contributed by atoms with Gasteiger partial charge >= 0.3 is 0 Å². The number of rotatable bonds is 8. The third-order valence-electron chi connectivity index (χ3n) is 7.02. The van der Waals surface area contributed by atoms with Crippen molar-refractivity contribution in [1.29, 1.82) is 0 Å². The highest BCUT2D eigenvalue weighted by molar-refractivity contribution is 5.92. The maximum Gasteiger partial charge on any atom is 0.290 e. The zero-order valence-electron chi connectivity index (χ0n) is 21.7. The van der Waals surface area contributed by atoms with Gasteiger partial charge in [-0.1, -0.05) is 73.7 Å². The molecule has 194 valence electrons. The number of carbonyl (C=O) groups excluding carboxylic acids is 2. The van der Waals surface area contributed by atoms with E-state index in [-0.39, 0.29) is 17.9 Å². The minimum Gasteiger partial charge on any atom is -0.481 e. The predicted molar refractivity (Wildman–Crippen MR) is 146 cm³/mol. The standard InChI is InChI=1S/C32H32N2O4/c1-3-28(31(35)33(2)22-23-11-6-4-7-12-23)38-26-17-16-24-18-19-34(32(36)29-15-10-20-37-29)30(27(24)21-26)25-13-8-5-9-14-25/h4-17,20-21,28,30H,3,18-19,22H2,1-2H3/t28-,30-/m1/s1. The lowest BCUT2D eigenvalue weighted by atomic mass is 9.87. The summed E-state index contributed by atoms with van der Waals surface area (Å²) in [5.74, 6) is 0.721. The third kappa shape index (κ3) is 5.35. The first-order valence-corrected chi connectivity index (χ1v) is 13.0. The van der Waals surface area contributed by atoms with Crippen LogP contribution >= 0.6 is 0 Å². The van der Waals surface area contributed by atoms with Crippen LogP contribution in [0.1, 0.15) is 52.2 Å². The molecule has 1 aliphatic rings. The molecule has 4 aromatic rings. The summed E-state index contributed by atoms with van der Waals surface area (Å²) in [6.07, 6.45) is 2.17. The van der Waals surface area contributed by atoms with E-state index in [1.54, 1.807) is 24.1 Å². The number of fused-ring (bicyclic) bond motifs is 1. The zero-order chi connectivity index (χ0) is 26.5. The highest BCUT2D eigenvalue weighted by atomic mass is 16.5. The monoisotopic (exact) mass is 508 g/mol. The van der Waals surface area contributed by atoms with Gasteiger partial charge in [-0.2, -0.15) is 0 Å².